The SMILES string of the molecule is COc1cc(OS(=O)(=O)C(F)(F)F)cc(Cl)c1OC. The second-order valence-electron chi connectivity index (χ2n) is 3.12. The summed E-state index contributed by atoms with van der Waals surface area (Å²) in [5, 5.41) is -0.158. The number of hydrogen-bond acceptors (Lipinski definition) is 5. The van der Waals surface area contributed by atoms with Crippen LogP contribution in [0, 0.1) is 0 Å². The predicted molar refractivity (Wildman–Crippen MR) is 60.2 cm³/mol. The van der Waals surface area contributed by atoms with Gasteiger partial charge in [0.05, 0.1) is 19.2 Å². The van der Waals surface area contributed by atoms with Crippen molar-refractivity contribution < 1.29 is 35.2 Å². The molecule has 0 unspecified atom stereocenters. The Bertz CT molecular complexity index is 570. The van der Waals surface area contributed by atoms with E-state index in [0.717, 1.165) is 12.1 Å². The van der Waals surface area contributed by atoms with Crippen LogP contribution in [-0.4, -0.2) is 28.1 Å². The Morgan fingerprint density at radius 3 is 2.16 bits per heavy atom. The van der Waals surface area contributed by atoms with Crippen LogP contribution in [0.15, 0.2) is 12.1 Å². The number of methoxy groups -OCH3 is 2. The van der Waals surface area contributed by atoms with E-state index in [2.05, 4.69) is 4.18 Å². The summed E-state index contributed by atoms with van der Waals surface area (Å²) in [4.78, 5) is 0. The molecule has 0 saturated carbocycles. The van der Waals surface area contributed by atoms with Crippen LogP contribution < -0.4 is 13.7 Å². The molecule has 0 fully saturated rings. The highest BCUT2D eigenvalue weighted by molar-refractivity contribution is 7.88. The first-order valence-electron chi connectivity index (χ1n) is 4.54. The summed E-state index contributed by atoms with van der Waals surface area (Å²) in [5.41, 5.74) is -5.54. The maximum absolute atomic E-state index is 12.1. The molecule has 0 saturated heterocycles. The molecule has 1 aromatic carbocycles. The van der Waals surface area contributed by atoms with E-state index in [1.54, 1.807) is 0 Å². The first kappa shape index (κ1) is 15.7. The van der Waals surface area contributed by atoms with Gasteiger partial charge in [-0.25, -0.2) is 0 Å². The maximum Gasteiger partial charge on any atom is 0.534 e. The molecular weight excluding hydrogens is 313 g/mol. The molecule has 1 rings (SSSR count). The predicted octanol–water partition coefficient (Wildman–Crippen LogP) is 2.59. The smallest absolute Gasteiger partial charge is 0.493 e. The van der Waals surface area contributed by atoms with Gasteiger partial charge in [-0.15, -0.1) is 0 Å². The lowest BCUT2D eigenvalue weighted by atomic mass is 10.3. The zero-order chi connectivity index (χ0) is 14.8. The Kier molecular flexibility index (Phi) is 4.41. The monoisotopic (exact) mass is 320 g/mol. The van der Waals surface area contributed by atoms with Gasteiger partial charge in [0.2, 0.25) is 0 Å². The van der Waals surface area contributed by atoms with Crippen LogP contribution in [0.5, 0.6) is 17.2 Å². The molecule has 0 aliphatic carbocycles. The van der Waals surface area contributed by atoms with Gasteiger partial charge in [-0.05, 0) is 0 Å². The van der Waals surface area contributed by atoms with E-state index >= 15 is 0 Å². The number of halogens is 4. The summed E-state index contributed by atoms with van der Waals surface area (Å²) >= 11 is 5.70. The summed E-state index contributed by atoms with van der Waals surface area (Å²) < 4.78 is 71.6. The third-order valence-corrected chi connectivity index (χ3v) is 3.16. The molecule has 0 heterocycles. The Morgan fingerprint density at radius 2 is 1.74 bits per heavy atom. The van der Waals surface area contributed by atoms with Gasteiger partial charge >= 0.3 is 15.6 Å². The Morgan fingerprint density at radius 1 is 1.16 bits per heavy atom. The molecule has 19 heavy (non-hydrogen) atoms. The number of ether oxygens (including phenoxy) is 2. The molecule has 0 bridgehead atoms. The van der Waals surface area contributed by atoms with Crippen LogP contribution in [-0.2, 0) is 10.1 Å². The van der Waals surface area contributed by atoms with Crippen molar-refractivity contribution >= 4 is 21.7 Å². The fourth-order valence-corrected chi connectivity index (χ4v) is 1.84. The van der Waals surface area contributed by atoms with Crippen LogP contribution in [0.1, 0.15) is 0 Å². The molecule has 0 aromatic heterocycles. The van der Waals surface area contributed by atoms with Crippen LogP contribution in [0.25, 0.3) is 0 Å². The molecule has 0 N–H and O–H groups in total. The third kappa shape index (κ3) is 3.35. The minimum Gasteiger partial charge on any atom is -0.493 e. The fraction of sp³-hybridized carbons (Fsp3) is 0.333. The zero-order valence-electron chi connectivity index (χ0n) is 9.62. The van der Waals surface area contributed by atoms with Gasteiger partial charge < -0.3 is 13.7 Å². The summed E-state index contributed by atoms with van der Waals surface area (Å²) in [6.45, 7) is 0. The van der Waals surface area contributed by atoms with Gasteiger partial charge in [0.1, 0.15) is 5.75 Å². The Balaban J connectivity index is 3.22. The van der Waals surface area contributed by atoms with E-state index in [0.29, 0.717) is 0 Å². The molecule has 10 heteroatoms. The maximum atomic E-state index is 12.1. The molecular formula is C9H8ClF3O5S. The summed E-state index contributed by atoms with van der Waals surface area (Å²) in [7, 11) is -3.30. The topological polar surface area (TPSA) is 61.8 Å². The first-order chi connectivity index (χ1) is 8.62. The van der Waals surface area contributed by atoms with Gasteiger partial charge in [-0.1, -0.05) is 11.6 Å². The third-order valence-electron chi connectivity index (χ3n) is 1.90. The van der Waals surface area contributed by atoms with E-state index in [1.807, 2.05) is 0 Å². The second kappa shape index (κ2) is 5.33. The van der Waals surface area contributed by atoms with E-state index in [-0.39, 0.29) is 16.5 Å². The van der Waals surface area contributed by atoms with Crippen molar-refractivity contribution in [2.75, 3.05) is 14.2 Å². The Hall–Kier alpha value is -1.35. The van der Waals surface area contributed by atoms with Gasteiger partial charge in [0, 0.05) is 12.1 Å². The van der Waals surface area contributed by atoms with Crippen LogP contribution >= 0.6 is 11.6 Å². The lowest BCUT2D eigenvalue weighted by Crippen LogP contribution is -2.28. The molecule has 0 aliphatic heterocycles. The Labute approximate surface area is 112 Å². The van der Waals surface area contributed by atoms with Crippen molar-refractivity contribution in [2.24, 2.45) is 0 Å². The summed E-state index contributed by atoms with van der Waals surface area (Å²) in [6, 6.07) is 1.78. The molecule has 0 radical (unpaired) electrons. The molecule has 5 nitrogen and oxygen atoms in total. The standard InChI is InChI=1S/C9H8ClF3O5S/c1-16-7-4-5(3-6(10)8(7)17-2)18-19(14,15)9(11,12)13/h3-4H,1-2H3. The summed E-state index contributed by atoms with van der Waals surface area (Å²) in [5.74, 6) is -0.664. The zero-order valence-corrected chi connectivity index (χ0v) is 11.2. The lowest BCUT2D eigenvalue weighted by molar-refractivity contribution is -0.0500. The van der Waals surface area contributed by atoms with E-state index in [4.69, 9.17) is 21.1 Å². The van der Waals surface area contributed by atoms with Gasteiger partial charge in [-0.3, -0.25) is 0 Å². The van der Waals surface area contributed by atoms with Gasteiger partial charge in [0.25, 0.3) is 0 Å². The van der Waals surface area contributed by atoms with Crippen molar-refractivity contribution in [1.82, 2.24) is 0 Å². The average molecular weight is 321 g/mol. The van der Waals surface area contributed by atoms with Crippen LogP contribution in [0.2, 0.25) is 5.02 Å². The quantitative estimate of drug-likeness (QED) is 0.630. The fourth-order valence-electron chi connectivity index (χ4n) is 1.12. The molecule has 108 valence electrons. The highest BCUT2D eigenvalue weighted by Crippen LogP contribution is 2.40. The second-order valence-corrected chi connectivity index (χ2v) is 5.07. The highest BCUT2D eigenvalue weighted by atomic mass is 35.5. The van der Waals surface area contributed by atoms with E-state index in [9.17, 15) is 21.6 Å². The number of benzene rings is 1. The van der Waals surface area contributed by atoms with Gasteiger partial charge in [0.15, 0.2) is 11.5 Å². The minimum absolute atomic E-state index is 0.0425. The summed E-state index contributed by atoms with van der Waals surface area (Å²) in [6.07, 6.45) is 0. The van der Waals surface area contributed by atoms with Gasteiger partial charge in [-0.2, -0.15) is 21.6 Å². The number of alkyl halides is 3. The van der Waals surface area contributed by atoms with Crippen molar-refractivity contribution in [3.05, 3.63) is 17.2 Å². The normalized spacial score (nSPS) is 12.1. The first-order valence-corrected chi connectivity index (χ1v) is 6.33. The van der Waals surface area contributed by atoms with E-state index < -0.39 is 21.4 Å². The lowest BCUT2D eigenvalue weighted by Gasteiger charge is -2.13. The molecule has 0 atom stereocenters. The van der Waals surface area contributed by atoms with E-state index in [1.165, 1.54) is 14.2 Å². The van der Waals surface area contributed by atoms with Crippen LogP contribution in [0.3, 0.4) is 0 Å². The number of rotatable bonds is 4. The average Bonchev–Trinajstić information content (AvgIpc) is 2.26. The largest absolute Gasteiger partial charge is 0.534 e. The van der Waals surface area contributed by atoms with Crippen LogP contribution in [0.4, 0.5) is 13.2 Å². The molecule has 0 spiro atoms. The molecule has 1 aromatic rings. The van der Waals surface area contributed by atoms with Crippen molar-refractivity contribution in [3.63, 3.8) is 0 Å². The van der Waals surface area contributed by atoms with Crippen molar-refractivity contribution in [2.45, 2.75) is 5.51 Å². The highest BCUT2D eigenvalue weighted by Gasteiger charge is 2.48. The molecule has 0 aliphatic rings. The molecule has 0 amide bonds. The van der Waals surface area contributed by atoms with Crippen molar-refractivity contribution in [1.29, 1.82) is 0 Å². The minimum atomic E-state index is -5.77. The number of hydrogen-bond donors (Lipinski definition) is 0. The van der Waals surface area contributed by atoms with Crippen molar-refractivity contribution in [3.8, 4) is 17.2 Å².